The number of terminal acetylenes is 1. The van der Waals surface area contributed by atoms with E-state index in [1.807, 2.05) is 0 Å². The summed E-state index contributed by atoms with van der Waals surface area (Å²) >= 11 is 0. The van der Waals surface area contributed by atoms with Crippen molar-refractivity contribution in [3.63, 3.8) is 0 Å². The first-order valence-corrected chi connectivity index (χ1v) is 4.15. The topological polar surface area (TPSA) is 35.2 Å². The van der Waals surface area contributed by atoms with Gasteiger partial charge in [-0.2, -0.15) is 0 Å². The maximum Gasteiger partial charge on any atom is 0.0726 e. The molecule has 0 saturated heterocycles. The molecule has 2 atom stereocenters. The zero-order valence-corrected chi connectivity index (χ0v) is 6.75. The summed E-state index contributed by atoms with van der Waals surface area (Å²) in [5, 5.41) is 0. The normalized spacial score (nSPS) is 30.2. The van der Waals surface area contributed by atoms with Crippen molar-refractivity contribution in [1.29, 1.82) is 0 Å². The number of hydrogen-bond acceptors (Lipinski definition) is 2. The van der Waals surface area contributed by atoms with Crippen molar-refractivity contribution in [3.8, 4) is 12.3 Å². The third-order valence-electron chi connectivity index (χ3n) is 2.08. The Morgan fingerprint density at radius 1 is 1.55 bits per heavy atom. The Hall–Kier alpha value is -0.520. The molecule has 0 aromatic heterocycles. The van der Waals surface area contributed by atoms with E-state index in [9.17, 15) is 0 Å². The van der Waals surface area contributed by atoms with Gasteiger partial charge in [-0.15, -0.1) is 12.3 Å². The zero-order chi connectivity index (χ0) is 8.10. The first-order valence-electron chi connectivity index (χ1n) is 4.15. The number of ether oxygens (including phenoxy) is 1. The summed E-state index contributed by atoms with van der Waals surface area (Å²) in [6.07, 6.45) is 9.45. The Morgan fingerprint density at radius 3 is 2.91 bits per heavy atom. The highest BCUT2D eigenvalue weighted by molar-refractivity contribution is 4.85. The minimum absolute atomic E-state index is 0.243. The fraction of sp³-hybridized carbons (Fsp3) is 0.778. The van der Waals surface area contributed by atoms with Crippen molar-refractivity contribution in [3.05, 3.63) is 0 Å². The molecule has 0 radical (unpaired) electrons. The number of rotatable bonds is 3. The predicted molar refractivity (Wildman–Crippen MR) is 45.0 cm³/mol. The van der Waals surface area contributed by atoms with Crippen LogP contribution >= 0.6 is 0 Å². The molecule has 0 bridgehead atoms. The SMILES string of the molecule is C#CCCOC1CCCC1N. The largest absolute Gasteiger partial charge is 0.376 e. The smallest absolute Gasteiger partial charge is 0.0726 e. The first-order chi connectivity index (χ1) is 5.34. The second-order valence-corrected chi connectivity index (χ2v) is 2.96. The van der Waals surface area contributed by atoms with Gasteiger partial charge in [0.25, 0.3) is 0 Å². The molecule has 0 aliphatic heterocycles. The van der Waals surface area contributed by atoms with Crippen LogP contribution in [0.1, 0.15) is 25.7 Å². The van der Waals surface area contributed by atoms with Crippen LogP contribution < -0.4 is 5.73 Å². The van der Waals surface area contributed by atoms with E-state index in [1.165, 1.54) is 6.42 Å². The van der Waals surface area contributed by atoms with Crippen LogP contribution in [0.2, 0.25) is 0 Å². The van der Waals surface area contributed by atoms with Gasteiger partial charge < -0.3 is 10.5 Å². The van der Waals surface area contributed by atoms with E-state index in [4.69, 9.17) is 16.9 Å². The van der Waals surface area contributed by atoms with Gasteiger partial charge in [-0.1, -0.05) is 0 Å². The number of nitrogens with two attached hydrogens (primary N) is 1. The second kappa shape index (κ2) is 4.38. The minimum atomic E-state index is 0.243. The van der Waals surface area contributed by atoms with Crippen molar-refractivity contribution in [2.24, 2.45) is 5.73 Å². The lowest BCUT2D eigenvalue weighted by molar-refractivity contribution is 0.0521. The molecule has 0 amide bonds. The molecule has 2 heteroatoms. The van der Waals surface area contributed by atoms with E-state index < -0.39 is 0 Å². The van der Waals surface area contributed by atoms with E-state index in [0.717, 1.165) is 12.8 Å². The van der Waals surface area contributed by atoms with E-state index in [2.05, 4.69) is 5.92 Å². The molecule has 1 fully saturated rings. The van der Waals surface area contributed by atoms with Gasteiger partial charge in [-0.05, 0) is 19.3 Å². The van der Waals surface area contributed by atoms with E-state index in [-0.39, 0.29) is 12.1 Å². The second-order valence-electron chi connectivity index (χ2n) is 2.96. The van der Waals surface area contributed by atoms with E-state index in [1.54, 1.807) is 0 Å². The molecule has 1 rings (SSSR count). The van der Waals surface area contributed by atoms with Crippen LogP contribution in [0, 0.1) is 12.3 Å². The lowest BCUT2D eigenvalue weighted by Crippen LogP contribution is -2.31. The fourth-order valence-corrected chi connectivity index (χ4v) is 1.43. The van der Waals surface area contributed by atoms with E-state index in [0.29, 0.717) is 13.0 Å². The van der Waals surface area contributed by atoms with Crippen molar-refractivity contribution < 1.29 is 4.74 Å². The highest BCUT2D eigenvalue weighted by Gasteiger charge is 2.23. The summed E-state index contributed by atoms with van der Waals surface area (Å²) in [4.78, 5) is 0. The van der Waals surface area contributed by atoms with Crippen LogP contribution in [-0.2, 0) is 4.74 Å². The van der Waals surface area contributed by atoms with Crippen LogP contribution in [0.3, 0.4) is 0 Å². The zero-order valence-electron chi connectivity index (χ0n) is 6.75. The molecule has 2 N–H and O–H groups in total. The fourth-order valence-electron chi connectivity index (χ4n) is 1.43. The Balaban J connectivity index is 2.11. The molecule has 0 aromatic rings. The molecule has 1 aliphatic carbocycles. The van der Waals surface area contributed by atoms with Gasteiger partial charge in [-0.25, -0.2) is 0 Å². The lowest BCUT2D eigenvalue weighted by Gasteiger charge is -2.14. The van der Waals surface area contributed by atoms with Crippen molar-refractivity contribution in [2.45, 2.75) is 37.8 Å². The van der Waals surface area contributed by atoms with Gasteiger partial charge in [0, 0.05) is 12.5 Å². The summed E-state index contributed by atoms with van der Waals surface area (Å²) in [6, 6.07) is 0.243. The third kappa shape index (κ3) is 2.53. The summed E-state index contributed by atoms with van der Waals surface area (Å²) in [5.41, 5.74) is 5.78. The molecule has 0 spiro atoms. The lowest BCUT2D eigenvalue weighted by atomic mass is 10.2. The van der Waals surface area contributed by atoms with Gasteiger partial charge in [0.1, 0.15) is 0 Å². The Bertz CT molecular complexity index is 150. The van der Waals surface area contributed by atoms with E-state index >= 15 is 0 Å². The van der Waals surface area contributed by atoms with Crippen molar-refractivity contribution in [1.82, 2.24) is 0 Å². The molecule has 1 aliphatic rings. The molecule has 2 nitrogen and oxygen atoms in total. The van der Waals surface area contributed by atoms with Gasteiger partial charge in [0.15, 0.2) is 0 Å². The van der Waals surface area contributed by atoms with Crippen LogP contribution in [0.5, 0.6) is 0 Å². The van der Waals surface area contributed by atoms with Crippen LogP contribution in [0.15, 0.2) is 0 Å². The summed E-state index contributed by atoms with van der Waals surface area (Å²) < 4.78 is 5.49. The Morgan fingerprint density at radius 2 is 2.36 bits per heavy atom. The average molecular weight is 153 g/mol. The van der Waals surface area contributed by atoms with Gasteiger partial charge in [-0.3, -0.25) is 0 Å². The first kappa shape index (κ1) is 8.58. The maximum absolute atomic E-state index is 5.78. The summed E-state index contributed by atoms with van der Waals surface area (Å²) in [7, 11) is 0. The Kier molecular flexibility index (Phi) is 3.41. The molecule has 0 aromatic carbocycles. The molecule has 1 saturated carbocycles. The molecular formula is C9H15NO. The van der Waals surface area contributed by atoms with Crippen LogP contribution in [-0.4, -0.2) is 18.8 Å². The number of hydrogen-bond donors (Lipinski definition) is 1. The van der Waals surface area contributed by atoms with Crippen LogP contribution in [0.25, 0.3) is 0 Å². The van der Waals surface area contributed by atoms with Gasteiger partial charge >= 0.3 is 0 Å². The summed E-state index contributed by atoms with van der Waals surface area (Å²) in [6.45, 7) is 0.662. The molecule has 62 valence electrons. The van der Waals surface area contributed by atoms with Gasteiger partial charge in [0.05, 0.1) is 12.7 Å². The predicted octanol–water partition coefficient (Wildman–Crippen LogP) is 0.906. The average Bonchev–Trinajstić information content (AvgIpc) is 2.37. The quantitative estimate of drug-likeness (QED) is 0.483. The van der Waals surface area contributed by atoms with Gasteiger partial charge in [0.2, 0.25) is 0 Å². The van der Waals surface area contributed by atoms with Crippen molar-refractivity contribution >= 4 is 0 Å². The highest BCUT2D eigenvalue weighted by Crippen LogP contribution is 2.20. The standard InChI is InChI=1S/C9H15NO/c1-2-3-7-11-9-6-4-5-8(9)10/h1,8-9H,3-7,10H2. The Labute approximate surface area is 68.1 Å². The monoisotopic (exact) mass is 153 g/mol. The highest BCUT2D eigenvalue weighted by atomic mass is 16.5. The minimum Gasteiger partial charge on any atom is -0.376 e. The molecule has 0 heterocycles. The molecular weight excluding hydrogens is 138 g/mol. The molecule has 11 heavy (non-hydrogen) atoms. The van der Waals surface area contributed by atoms with Crippen LogP contribution in [0.4, 0.5) is 0 Å². The summed E-state index contributed by atoms with van der Waals surface area (Å²) in [5.74, 6) is 2.54. The molecule has 2 unspecified atom stereocenters. The van der Waals surface area contributed by atoms with Crippen molar-refractivity contribution in [2.75, 3.05) is 6.61 Å². The third-order valence-corrected chi connectivity index (χ3v) is 2.08. The maximum atomic E-state index is 5.78.